The largest absolute Gasteiger partial charge is 0.497 e. The molecule has 0 unspecified atom stereocenters. The number of thioether (sulfide) groups is 1. The lowest BCUT2D eigenvalue weighted by molar-refractivity contribution is -0.116. The monoisotopic (exact) mass is 365 g/mol. The predicted molar refractivity (Wildman–Crippen MR) is 96.0 cm³/mol. The van der Waals surface area contributed by atoms with E-state index in [0.717, 1.165) is 0 Å². The van der Waals surface area contributed by atoms with Crippen molar-refractivity contribution in [3.63, 3.8) is 0 Å². The Bertz CT molecular complexity index is 699. The van der Waals surface area contributed by atoms with Crippen molar-refractivity contribution in [2.45, 2.75) is 24.6 Å². The van der Waals surface area contributed by atoms with Gasteiger partial charge in [0.1, 0.15) is 5.75 Å². The molecule has 0 radical (unpaired) electrons. The Morgan fingerprint density at radius 3 is 2.58 bits per heavy atom. The van der Waals surface area contributed by atoms with Gasteiger partial charge in [-0.1, -0.05) is 36.9 Å². The molecule has 1 amide bonds. The summed E-state index contributed by atoms with van der Waals surface area (Å²) in [5, 5.41) is 11.1. The summed E-state index contributed by atoms with van der Waals surface area (Å²) in [6.07, 6.45) is 0.442. The minimum absolute atomic E-state index is 0.00301. The van der Waals surface area contributed by atoms with E-state index in [1.807, 2.05) is 13.8 Å². The van der Waals surface area contributed by atoms with Crippen LogP contribution in [0.4, 0.5) is 5.13 Å². The third-order valence-corrected chi connectivity index (χ3v) is 4.96. The van der Waals surface area contributed by atoms with Gasteiger partial charge in [0, 0.05) is 12.0 Å². The Morgan fingerprint density at radius 1 is 1.25 bits per heavy atom. The van der Waals surface area contributed by atoms with Gasteiger partial charge < -0.3 is 10.1 Å². The van der Waals surface area contributed by atoms with Gasteiger partial charge in [-0.05, 0) is 30.2 Å². The normalized spacial score (nSPS) is 10.7. The molecule has 128 valence electrons. The van der Waals surface area contributed by atoms with Crippen LogP contribution in [0.2, 0.25) is 0 Å². The van der Waals surface area contributed by atoms with Crippen LogP contribution in [0, 0.1) is 5.92 Å². The van der Waals surface area contributed by atoms with E-state index >= 15 is 0 Å². The smallest absolute Gasteiger partial charge is 0.226 e. The predicted octanol–water partition coefficient (Wildman–Crippen LogP) is 3.51. The maximum atomic E-state index is 12.1. The zero-order valence-electron chi connectivity index (χ0n) is 13.7. The van der Waals surface area contributed by atoms with Gasteiger partial charge in [-0.2, -0.15) is 0 Å². The standard InChI is InChI=1S/C16H19N3O3S2/c1-10(2)8-14(21)17-15-18-19-16(24-15)23-9-13(20)11-4-6-12(22-3)7-5-11/h4-7,10H,8-9H2,1-3H3,(H,17,18,21). The Balaban J connectivity index is 1.85. The molecule has 0 saturated heterocycles. The third-order valence-electron chi connectivity index (χ3n) is 2.99. The van der Waals surface area contributed by atoms with E-state index in [-0.39, 0.29) is 23.4 Å². The maximum absolute atomic E-state index is 12.1. The molecular formula is C16H19N3O3S2. The van der Waals surface area contributed by atoms with Crippen molar-refractivity contribution >= 4 is 39.9 Å². The number of anilines is 1. The van der Waals surface area contributed by atoms with Gasteiger partial charge in [-0.25, -0.2) is 0 Å². The lowest BCUT2D eigenvalue weighted by Crippen LogP contribution is -2.13. The van der Waals surface area contributed by atoms with E-state index in [1.165, 1.54) is 23.1 Å². The number of benzene rings is 1. The molecule has 0 fully saturated rings. The number of methoxy groups -OCH3 is 1. The van der Waals surface area contributed by atoms with Gasteiger partial charge in [-0.15, -0.1) is 10.2 Å². The minimum atomic E-state index is -0.0768. The number of amides is 1. The molecule has 0 aliphatic heterocycles. The number of hydrogen-bond donors (Lipinski definition) is 1. The summed E-state index contributed by atoms with van der Waals surface area (Å²) in [7, 11) is 1.58. The average Bonchev–Trinajstić information content (AvgIpc) is 2.99. The van der Waals surface area contributed by atoms with Crippen LogP contribution in [0.15, 0.2) is 28.6 Å². The molecule has 1 aromatic heterocycles. The van der Waals surface area contributed by atoms with Crippen molar-refractivity contribution in [2.24, 2.45) is 5.92 Å². The number of rotatable bonds is 8. The highest BCUT2D eigenvalue weighted by atomic mass is 32.2. The molecule has 8 heteroatoms. The van der Waals surface area contributed by atoms with Gasteiger partial charge >= 0.3 is 0 Å². The molecule has 0 atom stereocenters. The Kier molecular flexibility index (Phi) is 6.74. The Labute approximate surface area is 149 Å². The molecule has 0 spiro atoms. The van der Waals surface area contributed by atoms with Crippen molar-refractivity contribution in [3.05, 3.63) is 29.8 Å². The molecule has 0 bridgehead atoms. The first-order chi connectivity index (χ1) is 11.5. The molecule has 0 aliphatic carbocycles. The van der Waals surface area contributed by atoms with Crippen LogP contribution in [0.5, 0.6) is 5.75 Å². The first kappa shape index (κ1) is 18.4. The van der Waals surface area contributed by atoms with E-state index in [1.54, 1.807) is 31.4 Å². The summed E-state index contributed by atoms with van der Waals surface area (Å²) in [4.78, 5) is 23.8. The van der Waals surface area contributed by atoms with Crippen LogP contribution in [0.3, 0.4) is 0 Å². The third kappa shape index (κ3) is 5.61. The fraction of sp³-hybridized carbons (Fsp3) is 0.375. The number of Topliss-reactive ketones (excluding diaryl/α,β-unsaturated/α-hetero) is 1. The molecule has 1 N–H and O–H groups in total. The van der Waals surface area contributed by atoms with E-state index in [2.05, 4.69) is 15.5 Å². The number of ether oxygens (including phenoxy) is 1. The fourth-order valence-corrected chi connectivity index (χ4v) is 3.51. The molecule has 2 aromatic rings. The molecule has 2 rings (SSSR count). The quantitative estimate of drug-likeness (QED) is 0.438. The SMILES string of the molecule is COc1ccc(C(=O)CSc2nnc(NC(=O)CC(C)C)s2)cc1. The van der Waals surface area contributed by atoms with Gasteiger partial charge in [0.05, 0.1) is 12.9 Å². The number of hydrogen-bond acceptors (Lipinski definition) is 7. The molecule has 0 aliphatic rings. The molecule has 24 heavy (non-hydrogen) atoms. The highest BCUT2D eigenvalue weighted by molar-refractivity contribution is 8.01. The van der Waals surface area contributed by atoms with Gasteiger partial charge in [0.25, 0.3) is 0 Å². The van der Waals surface area contributed by atoms with Crippen LogP contribution in [0.25, 0.3) is 0 Å². The van der Waals surface area contributed by atoms with E-state index in [0.29, 0.717) is 27.2 Å². The fourth-order valence-electron chi connectivity index (χ4n) is 1.85. The van der Waals surface area contributed by atoms with Crippen LogP contribution in [0.1, 0.15) is 30.6 Å². The van der Waals surface area contributed by atoms with Gasteiger partial charge in [-0.3, -0.25) is 9.59 Å². The second-order valence-corrected chi connectivity index (χ2v) is 7.66. The summed E-state index contributed by atoms with van der Waals surface area (Å²) in [6.45, 7) is 3.96. The second kappa shape index (κ2) is 8.79. The number of carbonyl (C=O) groups excluding carboxylic acids is 2. The average molecular weight is 365 g/mol. The van der Waals surface area contributed by atoms with Gasteiger partial charge in [0.15, 0.2) is 10.1 Å². The number of ketones is 1. The zero-order valence-corrected chi connectivity index (χ0v) is 15.4. The highest BCUT2D eigenvalue weighted by Gasteiger charge is 2.12. The highest BCUT2D eigenvalue weighted by Crippen LogP contribution is 2.26. The zero-order chi connectivity index (χ0) is 17.5. The van der Waals surface area contributed by atoms with E-state index in [9.17, 15) is 9.59 Å². The van der Waals surface area contributed by atoms with Gasteiger partial charge in [0.2, 0.25) is 11.0 Å². The molecule has 0 saturated carbocycles. The first-order valence-corrected chi connectivity index (χ1v) is 9.21. The summed E-state index contributed by atoms with van der Waals surface area (Å²) in [5.41, 5.74) is 0.623. The van der Waals surface area contributed by atoms with E-state index in [4.69, 9.17) is 4.74 Å². The molecule has 6 nitrogen and oxygen atoms in total. The molecular weight excluding hydrogens is 346 g/mol. The number of nitrogens with one attached hydrogen (secondary N) is 1. The van der Waals surface area contributed by atoms with Crippen LogP contribution in [-0.2, 0) is 4.79 Å². The second-order valence-electron chi connectivity index (χ2n) is 5.46. The number of carbonyl (C=O) groups is 2. The Hall–Kier alpha value is -1.93. The topological polar surface area (TPSA) is 81.2 Å². The van der Waals surface area contributed by atoms with Crippen LogP contribution < -0.4 is 10.1 Å². The maximum Gasteiger partial charge on any atom is 0.226 e. The lowest BCUT2D eigenvalue weighted by Gasteiger charge is -2.03. The van der Waals surface area contributed by atoms with Crippen molar-refractivity contribution in [2.75, 3.05) is 18.2 Å². The number of nitrogens with zero attached hydrogens (tertiary/aromatic N) is 2. The number of aromatic nitrogens is 2. The molecule has 1 heterocycles. The van der Waals surface area contributed by atoms with Crippen molar-refractivity contribution in [1.29, 1.82) is 0 Å². The lowest BCUT2D eigenvalue weighted by atomic mass is 10.1. The summed E-state index contributed by atoms with van der Waals surface area (Å²) in [5.74, 6) is 1.19. The Morgan fingerprint density at radius 2 is 1.96 bits per heavy atom. The first-order valence-electron chi connectivity index (χ1n) is 7.41. The van der Waals surface area contributed by atoms with Crippen molar-refractivity contribution in [1.82, 2.24) is 10.2 Å². The summed E-state index contributed by atoms with van der Waals surface area (Å²) in [6, 6.07) is 6.98. The van der Waals surface area contributed by atoms with Crippen molar-refractivity contribution < 1.29 is 14.3 Å². The van der Waals surface area contributed by atoms with E-state index < -0.39 is 0 Å². The van der Waals surface area contributed by atoms with Crippen LogP contribution >= 0.6 is 23.1 Å². The van der Waals surface area contributed by atoms with Crippen LogP contribution in [-0.4, -0.2) is 34.8 Å². The summed E-state index contributed by atoms with van der Waals surface area (Å²) >= 11 is 2.58. The minimum Gasteiger partial charge on any atom is -0.497 e. The van der Waals surface area contributed by atoms with Crippen molar-refractivity contribution in [3.8, 4) is 5.75 Å². The molecule has 1 aromatic carbocycles. The summed E-state index contributed by atoms with van der Waals surface area (Å²) < 4.78 is 5.72.